The number of hydrogen-bond donors (Lipinski definition) is 2. The van der Waals surface area contributed by atoms with Gasteiger partial charge in [-0.25, -0.2) is 0 Å². The van der Waals surface area contributed by atoms with Crippen LogP contribution < -0.4 is 10.6 Å². The number of nitrogens with zero attached hydrogens (tertiary/aromatic N) is 1. The maximum Gasteiger partial charge on any atom is 0.191 e. The third-order valence-electron chi connectivity index (χ3n) is 3.67. The summed E-state index contributed by atoms with van der Waals surface area (Å²) in [6.45, 7) is 0.818. The van der Waals surface area contributed by atoms with E-state index in [9.17, 15) is 0 Å². The van der Waals surface area contributed by atoms with Crippen LogP contribution in [0.5, 0.6) is 0 Å². The molecule has 0 aliphatic heterocycles. The molecule has 2 N–H and O–H groups in total. The normalized spacial score (nSPS) is 21.1. The summed E-state index contributed by atoms with van der Waals surface area (Å²) in [5, 5.41) is 11.1. The molecular weight excluding hydrogens is 346 g/mol. The fourth-order valence-corrected chi connectivity index (χ4v) is 3.32. The van der Waals surface area contributed by atoms with Gasteiger partial charge in [0.05, 0.1) is 0 Å². The minimum atomic E-state index is 0.486. The van der Waals surface area contributed by atoms with Crippen LogP contribution in [0.15, 0.2) is 50.6 Å². The Morgan fingerprint density at radius 3 is 2.81 bits per heavy atom. The minimum Gasteiger partial charge on any atom is -0.353 e. The first-order valence-corrected chi connectivity index (χ1v) is 8.73. The van der Waals surface area contributed by atoms with Gasteiger partial charge in [-0.1, -0.05) is 28.1 Å². The second kappa shape index (κ2) is 6.62. The summed E-state index contributed by atoms with van der Waals surface area (Å²) < 4.78 is 1.13. The highest BCUT2D eigenvalue weighted by atomic mass is 79.9. The summed E-state index contributed by atoms with van der Waals surface area (Å²) in [6, 6.07) is 11.2. The third-order valence-corrected chi connectivity index (χ3v) is 4.94. The lowest BCUT2D eigenvalue weighted by molar-refractivity contribution is 0.791. The fourth-order valence-electron chi connectivity index (χ4n) is 2.38. The average Bonchev–Trinajstić information content (AvgIpc) is 3.06. The van der Waals surface area contributed by atoms with E-state index in [1.54, 1.807) is 11.3 Å². The van der Waals surface area contributed by atoms with E-state index in [-0.39, 0.29) is 0 Å². The molecule has 2 aromatic rings. The number of rotatable bonds is 4. The van der Waals surface area contributed by atoms with Crippen LogP contribution in [-0.4, -0.2) is 19.0 Å². The van der Waals surface area contributed by atoms with E-state index in [1.807, 2.05) is 7.05 Å². The summed E-state index contributed by atoms with van der Waals surface area (Å²) in [6.07, 6.45) is 1.17. The Bertz CT molecular complexity index is 607. The van der Waals surface area contributed by atoms with Crippen molar-refractivity contribution in [3.05, 3.63) is 56.7 Å². The van der Waals surface area contributed by atoms with Crippen molar-refractivity contribution in [1.29, 1.82) is 0 Å². The quantitative estimate of drug-likeness (QED) is 0.641. The second-order valence-electron chi connectivity index (χ2n) is 5.20. The molecule has 1 aromatic carbocycles. The first-order chi connectivity index (χ1) is 10.3. The molecule has 1 fully saturated rings. The lowest BCUT2D eigenvalue weighted by atomic mass is 10.1. The van der Waals surface area contributed by atoms with E-state index in [0.717, 1.165) is 17.0 Å². The van der Waals surface area contributed by atoms with Crippen molar-refractivity contribution in [2.24, 2.45) is 4.99 Å². The van der Waals surface area contributed by atoms with Gasteiger partial charge in [0, 0.05) is 30.0 Å². The Balaban J connectivity index is 1.51. The number of halogens is 1. The second-order valence-corrected chi connectivity index (χ2v) is 6.90. The first kappa shape index (κ1) is 14.6. The Kier molecular flexibility index (Phi) is 4.60. The molecule has 0 amide bonds. The smallest absolute Gasteiger partial charge is 0.191 e. The molecule has 1 aliphatic carbocycles. The van der Waals surface area contributed by atoms with Gasteiger partial charge in [0.1, 0.15) is 0 Å². The number of aliphatic imine (C=N–C) groups is 1. The van der Waals surface area contributed by atoms with Crippen LogP contribution in [-0.2, 0) is 6.54 Å². The van der Waals surface area contributed by atoms with E-state index < -0.39 is 0 Å². The minimum absolute atomic E-state index is 0.486. The van der Waals surface area contributed by atoms with E-state index in [2.05, 4.69) is 72.6 Å². The van der Waals surface area contributed by atoms with Gasteiger partial charge in [0.25, 0.3) is 0 Å². The molecule has 5 heteroatoms. The highest BCUT2D eigenvalue weighted by molar-refractivity contribution is 9.10. The summed E-state index contributed by atoms with van der Waals surface area (Å²) >= 11 is 5.20. The van der Waals surface area contributed by atoms with Gasteiger partial charge < -0.3 is 10.6 Å². The highest BCUT2D eigenvalue weighted by Gasteiger charge is 2.38. The molecule has 1 saturated carbocycles. The van der Waals surface area contributed by atoms with Crippen molar-refractivity contribution in [3.63, 3.8) is 0 Å². The van der Waals surface area contributed by atoms with Crippen LogP contribution in [0.3, 0.4) is 0 Å². The predicted molar refractivity (Wildman–Crippen MR) is 92.9 cm³/mol. The van der Waals surface area contributed by atoms with Gasteiger partial charge in [-0.05, 0) is 46.5 Å². The van der Waals surface area contributed by atoms with E-state index >= 15 is 0 Å². The predicted octanol–water partition coefficient (Wildman–Crippen LogP) is 3.73. The highest BCUT2D eigenvalue weighted by Crippen LogP contribution is 2.40. The lowest BCUT2D eigenvalue weighted by Crippen LogP contribution is -2.38. The molecule has 0 spiro atoms. The maximum atomic E-state index is 4.30. The van der Waals surface area contributed by atoms with Crippen LogP contribution in [0, 0.1) is 0 Å². The van der Waals surface area contributed by atoms with E-state index in [1.165, 1.54) is 17.5 Å². The van der Waals surface area contributed by atoms with Crippen molar-refractivity contribution in [3.8, 4) is 0 Å². The van der Waals surface area contributed by atoms with Crippen molar-refractivity contribution in [2.75, 3.05) is 7.05 Å². The van der Waals surface area contributed by atoms with Gasteiger partial charge in [0.2, 0.25) is 0 Å². The Morgan fingerprint density at radius 1 is 1.33 bits per heavy atom. The number of hydrogen-bond acceptors (Lipinski definition) is 2. The molecule has 1 aliphatic rings. The van der Waals surface area contributed by atoms with Gasteiger partial charge in [-0.2, -0.15) is 11.3 Å². The zero-order chi connectivity index (χ0) is 14.7. The molecule has 1 aromatic heterocycles. The summed E-state index contributed by atoms with van der Waals surface area (Å²) in [4.78, 5) is 4.30. The molecule has 2 unspecified atom stereocenters. The number of benzene rings is 1. The molecule has 2 atom stereocenters. The largest absolute Gasteiger partial charge is 0.353 e. The first-order valence-electron chi connectivity index (χ1n) is 7.00. The Hall–Kier alpha value is -1.33. The molecule has 0 radical (unpaired) electrons. The number of thiophene rings is 1. The zero-order valence-corrected chi connectivity index (χ0v) is 14.2. The van der Waals surface area contributed by atoms with Crippen molar-refractivity contribution < 1.29 is 0 Å². The fraction of sp³-hybridized carbons (Fsp3) is 0.312. The Morgan fingerprint density at radius 2 is 2.14 bits per heavy atom. The zero-order valence-electron chi connectivity index (χ0n) is 11.8. The van der Waals surface area contributed by atoms with E-state index in [4.69, 9.17) is 0 Å². The van der Waals surface area contributed by atoms with Gasteiger partial charge in [0.15, 0.2) is 5.96 Å². The van der Waals surface area contributed by atoms with Crippen LogP contribution in [0.2, 0.25) is 0 Å². The molecule has 3 nitrogen and oxygen atoms in total. The molecule has 0 saturated heterocycles. The monoisotopic (exact) mass is 363 g/mol. The summed E-state index contributed by atoms with van der Waals surface area (Å²) in [7, 11) is 1.82. The van der Waals surface area contributed by atoms with Crippen molar-refractivity contribution in [2.45, 2.75) is 24.9 Å². The van der Waals surface area contributed by atoms with Gasteiger partial charge in [-0.3, -0.25) is 4.99 Å². The van der Waals surface area contributed by atoms with Crippen LogP contribution in [0.25, 0.3) is 0 Å². The SMILES string of the molecule is CN=C(NCc1ccsc1)NC1CC1c1ccc(Br)cc1. The topological polar surface area (TPSA) is 36.4 Å². The van der Waals surface area contributed by atoms with Crippen molar-refractivity contribution >= 4 is 33.2 Å². The maximum absolute atomic E-state index is 4.30. The lowest BCUT2D eigenvalue weighted by Gasteiger charge is -2.11. The van der Waals surface area contributed by atoms with Crippen LogP contribution in [0.1, 0.15) is 23.5 Å². The number of nitrogens with one attached hydrogen (secondary N) is 2. The Labute approximate surface area is 137 Å². The summed E-state index contributed by atoms with van der Waals surface area (Å²) in [5.41, 5.74) is 2.69. The standard InChI is InChI=1S/C16H18BrN3S/c1-18-16(19-9-11-6-7-21-10-11)20-15-8-14(15)12-2-4-13(17)5-3-12/h2-7,10,14-15H,8-9H2,1H3,(H2,18,19,20). The molecular formula is C16H18BrN3S. The molecule has 3 rings (SSSR count). The molecule has 1 heterocycles. The van der Waals surface area contributed by atoms with Crippen LogP contribution in [0.4, 0.5) is 0 Å². The van der Waals surface area contributed by atoms with E-state index in [0.29, 0.717) is 12.0 Å². The number of guanidine groups is 1. The van der Waals surface area contributed by atoms with Gasteiger partial charge in [-0.15, -0.1) is 0 Å². The summed E-state index contributed by atoms with van der Waals surface area (Å²) in [5.74, 6) is 1.48. The van der Waals surface area contributed by atoms with Crippen molar-refractivity contribution in [1.82, 2.24) is 10.6 Å². The van der Waals surface area contributed by atoms with Gasteiger partial charge >= 0.3 is 0 Å². The third kappa shape index (κ3) is 3.86. The average molecular weight is 364 g/mol. The molecule has 0 bridgehead atoms. The van der Waals surface area contributed by atoms with Crippen LogP contribution >= 0.6 is 27.3 Å². The molecule has 110 valence electrons. The molecule has 21 heavy (non-hydrogen) atoms.